The third kappa shape index (κ3) is 13.5. The number of carboxylic acids is 3. The Morgan fingerprint density at radius 3 is 1.83 bits per heavy atom. The molecule has 0 aromatic carbocycles. The van der Waals surface area contributed by atoms with Crippen molar-refractivity contribution < 1.29 is 48.9 Å². The lowest BCUT2D eigenvalue weighted by molar-refractivity contribution is -0.142. The van der Waals surface area contributed by atoms with Crippen molar-refractivity contribution in [3.8, 4) is 0 Å². The molecule has 0 unspecified atom stereocenters. The number of amides is 4. The summed E-state index contributed by atoms with van der Waals surface area (Å²) < 4.78 is 0. The second-order valence-electron chi connectivity index (χ2n) is 8.23. The van der Waals surface area contributed by atoms with Crippen LogP contribution in [0.2, 0.25) is 0 Å². The van der Waals surface area contributed by atoms with Gasteiger partial charge >= 0.3 is 17.9 Å². The lowest BCUT2D eigenvalue weighted by atomic mass is 10.0. The van der Waals surface area contributed by atoms with Crippen LogP contribution >= 0.6 is 0 Å². The highest BCUT2D eigenvalue weighted by Crippen LogP contribution is 2.07. The van der Waals surface area contributed by atoms with Crippen molar-refractivity contribution in [3.63, 3.8) is 0 Å². The van der Waals surface area contributed by atoms with Crippen LogP contribution in [0.4, 0.5) is 0 Å². The molecule has 9 N–H and O–H groups in total. The highest BCUT2D eigenvalue weighted by atomic mass is 16.4. The number of rotatable bonds is 16. The van der Waals surface area contributed by atoms with Crippen molar-refractivity contribution >= 4 is 41.5 Å². The Bertz CT molecular complexity index is 816. The van der Waals surface area contributed by atoms with E-state index < -0.39 is 85.1 Å². The Hall–Kier alpha value is -3.75. The molecule has 0 aliphatic heterocycles. The average Bonchev–Trinajstić information content (AvgIpc) is 2.72. The predicted octanol–water partition coefficient (Wildman–Crippen LogP) is -2.63. The van der Waals surface area contributed by atoms with E-state index in [0.717, 1.165) is 0 Å². The fraction of sp³-hybridized carbons (Fsp3) is 0.650. The summed E-state index contributed by atoms with van der Waals surface area (Å²) in [5.41, 5.74) is 5.40. The molecule has 0 spiro atoms. The van der Waals surface area contributed by atoms with Gasteiger partial charge in [-0.3, -0.25) is 33.6 Å². The maximum atomic E-state index is 12.8. The van der Waals surface area contributed by atoms with Crippen LogP contribution in [0.25, 0.3) is 0 Å². The van der Waals surface area contributed by atoms with Gasteiger partial charge in [-0.25, -0.2) is 0 Å². The number of carboxylic acid groups (broad SMARTS) is 3. The highest BCUT2D eigenvalue weighted by Gasteiger charge is 2.29. The van der Waals surface area contributed by atoms with Gasteiger partial charge in [0.1, 0.15) is 18.1 Å². The molecular formula is C20H33N5O10. The Kier molecular flexibility index (Phi) is 13.6. The summed E-state index contributed by atoms with van der Waals surface area (Å²) in [6.07, 6.45) is -1.36. The smallest absolute Gasteiger partial charge is 0.325 e. The van der Waals surface area contributed by atoms with Gasteiger partial charge in [-0.1, -0.05) is 13.8 Å². The third-order valence-electron chi connectivity index (χ3n) is 4.52. The average molecular weight is 504 g/mol. The highest BCUT2D eigenvalue weighted by molar-refractivity contribution is 5.94. The van der Waals surface area contributed by atoms with Gasteiger partial charge in [-0.2, -0.15) is 0 Å². The van der Waals surface area contributed by atoms with E-state index in [1.54, 1.807) is 13.8 Å². The van der Waals surface area contributed by atoms with Gasteiger partial charge in [0.25, 0.3) is 0 Å². The molecule has 0 aliphatic rings. The summed E-state index contributed by atoms with van der Waals surface area (Å²) in [5.74, 6) is -7.41. The van der Waals surface area contributed by atoms with Crippen LogP contribution in [0.5, 0.6) is 0 Å². The van der Waals surface area contributed by atoms with E-state index in [1.165, 1.54) is 6.92 Å². The maximum Gasteiger partial charge on any atom is 0.325 e. The van der Waals surface area contributed by atoms with E-state index in [1.807, 2.05) is 0 Å². The molecule has 4 amide bonds. The topological polar surface area (TPSA) is 254 Å². The van der Waals surface area contributed by atoms with Crippen LogP contribution in [-0.2, 0) is 33.6 Å². The Morgan fingerprint density at radius 2 is 1.34 bits per heavy atom. The number of aliphatic carboxylic acids is 3. The predicted molar refractivity (Wildman–Crippen MR) is 119 cm³/mol. The van der Waals surface area contributed by atoms with E-state index in [-0.39, 0.29) is 18.8 Å². The second kappa shape index (κ2) is 15.2. The van der Waals surface area contributed by atoms with E-state index in [2.05, 4.69) is 21.3 Å². The molecule has 0 aromatic rings. The summed E-state index contributed by atoms with van der Waals surface area (Å²) >= 11 is 0. The van der Waals surface area contributed by atoms with Crippen molar-refractivity contribution in [2.75, 3.05) is 6.54 Å². The molecule has 0 saturated heterocycles. The number of nitrogens with one attached hydrogen (secondary N) is 4. The van der Waals surface area contributed by atoms with Gasteiger partial charge < -0.3 is 42.3 Å². The van der Waals surface area contributed by atoms with Crippen molar-refractivity contribution in [1.82, 2.24) is 21.3 Å². The minimum atomic E-state index is -1.39. The van der Waals surface area contributed by atoms with Crippen molar-refractivity contribution in [2.24, 2.45) is 11.7 Å². The summed E-state index contributed by atoms with van der Waals surface area (Å²) in [6, 6.07) is -5.24. The first-order valence-electron chi connectivity index (χ1n) is 10.7. The molecule has 15 heteroatoms. The van der Waals surface area contributed by atoms with Crippen LogP contribution in [0.15, 0.2) is 0 Å². The van der Waals surface area contributed by atoms with E-state index in [9.17, 15) is 33.6 Å². The summed E-state index contributed by atoms with van der Waals surface area (Å²) in [7, 11) is 0. The zero-order valence-electron chi connectivity index (χ0n) is 19.7. The van der Waals surface area contributed by atoms with Gasteiger partial charge in [-0.15, -0.1) is 0 Å². The zero-order valence-corrected chi connectivity index (χ0v) is 19.7. The molecule has 4 atom stereocenters. The Morgan fingerprint density at radius 1 is 0.771 bits per heavy atom. The van der Waals surface area contributed by atoms with E-state index >= 15 is 0 Å². The molecule has 0 aliphatic carbocycles. The largest absolute Gasteiger partial charge is 0.481 e. The van der Waals surface area contributed by atoms with Gasteiger partial charge in [0.05, 0.1) is 19.0 Å². The SMILES string of the molecule is CC(C)C[C@H](NC(=O)CNC(=O)[C@@H](N)CC(=O)O)C(=O)N[C@@H](CCC(=O)O)C(=O)N[C@@H](C)C(=O)O. The number of nitrogens with two attached hydrogens (primary N) is 1. The van der Waals surface area contributed by atoms with Gasteiger partial charge in [0, 0.05) is 6.42 Å². The van der Waals surface area contributed by atoms with Crippen molar-refractivity contribution in [1.29, 1.82) is 0 Å². The Labute approximate surface area is 201 Å². The zero-order chi connectivity index (χ0) is 27.3. The number of carbonyl (C=O) groups excluding carboxylic acids is 4. The normalized spacial score (nSPS) is 14.1. The van der Waals surface area contributed by atoms with Crippen LogP contribution in [0.3, 0.4) is 0 Å². The molecule has 198 valence electrons. The second-order valence-corrected chi connectivity index (χ2v) is 8.23. The molecule has 0 fully saturated rings. The van der Waals surface area contributed by atoms with Gasteiger partial charge in [0.15, 0.2) is 0 Å². The monoisotopic (exact) mass is 503 g/mol. The molecule has 0 radical (unpaired) electrons. The lowest BCUT2D eigenvalue weighted by Crippen LogP contribution is -2.56. The van der Waals surface area contributed by atoms with Crippen LogP contribution in [-0.4, -0.2) is 87.6 Å². The fourth-order valence-corrected chi connectivity index (χ4v) is 2.71. The summed E-state index contributed by atoms with van der Waals surface area (Å²) in [4.78, 5) is 81.8. The first-order chi connectivity index (χ1) is 16.1. The van der Waals surface area contributed by atoms with Crippen molar-refractivity contribution in [2.45, 2.75) is 70.6 Å². The first-order valence-corrected chi connectivity index (χ1v) is 10.7. The summed E-state index contributed by atoms with van der Waals surface area (Å²) in [6.45, 7) is 4.09. The van der Waals surface area contributed by atoms with Crippen LogP contribution in [0, 0.1) is 5.92 Å². The summed E-state index contributed by atoms with van der Waals surface area (Å²) in [5, 5.41) is 35.6. The number of hydrogen-bond donors (Lipinski definition) is 8. The number of carbonyl (C=O) groups is 7. The standard InChI is InChI=1S/C20H33N5O10/c1-9(2)6-13(24-14(26)8-22-17(31)11(21)7-16(29)30)19(33)25-12(4-5-15(27)28)18(32)23-10(3)20(34)35/h9-13H,4-8,21H2,1-3H3,(H,22,31)(H,23,32)(H,24,26)(H,25,33)(H,27,28)(H,29,30)(H,34,35)/t10-,11-,12-,13-/m0/s1. The molecule has 0 bridgehead atoms. The maximum absolute atomic E-state index is 12.8. The fourth-order valence-electron chi connectivity index (χ4n) is 2.71. The molecular weight excluding hydrogens is 470 g/mol. The minimum absolute atomic E-state index is 0.108. The molecule has 35 heavy (non-hydrogen) atoms. The quantitative estimate of drug-likeness (QED) is 0.108. The molecule has 0 rings (SSSR count). The van der Waals surface area contributed by atoms with Crippen molar-refractivity contribution in [3.05, 3.63) is 0 Å². The van der Waals surface area contributed by atoms with Crippen LogP contribution in [0.1, 0.15) is 46.5 Å². The van der Waals surface area contributed by atoms with Crippen LogP contribution < -0.4 is 27.0 Å². The Balaban J connectivity index is 5.29. The molecule has 15 nitrogen and oxygen atoms in total. The van der Waals surface area contributed by atoms with E-state index in [4.69, 9.17) is 21.1 Å². The van der Waals surface area contributed by atoms with Gasteiger partial charge in [0.2, 0.25) is 23.6 Å². The lowest BCUT2D eigenvalue weighted by Gasteiger charge is -2.24. The van der Waals surface area contributed by atoms with Gasteiger partial charge in [-0.05, 0) is 25.7 Å². The van der Waals surface area contributed by atoms with E-state index in [0.29, 0.717) is 0 Å². The molecule has 0 aromatic heterocycles. The molecule has 0 heterocycles. The first kappa shape index (κ1) is 31.2. The third-order valence-corrected chi connectivity index (χ3v) is 4.52. The number of hydrogen-bond acceptors (Lipinski definition) is 8. The minimum Gasteiger partial charge on any atom is -0.481 e. The molecule has 0 saturated carbocycles.